The number of benzene rings is 2. The summed E-state index contributed by atoms with van der Waals surface area (Å²) in [6.45, 7) is 6.15. The molecule has 0 aliphatic heterocycles. The summed E-state index contributed by atoms with van der Waals surface area (Å²) in [5.41, 5.74) is 1.65. The molecule has 204 valence electrons. The van der Waals surface area contributed by atoms with Crippen molar-refractivity contribution in [2.24, 2.45) is 0 Å². The number of anilines is 1. The first-order valence-corrected chi connectivity index (χ1v) is 15.1. The van der Waals surface area contributed by atoms with Gasteiger partial charge < -0.3 is 10.2 Å². The van der Waals surface area contributed by atoms with Crippen LogP contribution >= 0.6 is 34.8 Å². The second kappa shape index (κ2) is 14.2. The van der Waals surface area contributed by atoms with E-state index in [2.05, 4.69) is 5.32 Å². The minimum atomic E-state index is -3.63. The van der Waals surface area contributed by atoms with E-state index in [-0.39, 0.29) is 37.7 Å². The number of hydrogen-bond donors (Lipinski definition) is 1. The van der Waals surface area contributed by atoms with Gasteiger partial charge in [0.2, 0.25) is 21.8 Å². The lowest BCUT2D eigenvalue weighted by Gasteiger charge is -2.31. The van der Waals surface area contributed by atoms with Crippen molar-refractivity contribution in [3.8, 4) is 0 Å². The minimum absolute atomic E-state index is 0.0191. The largest absolute Gasteiger partial charge is 0.354 e. The van der Waals surface area contributed by atoms with Gasteiger partial charge in [-0.1, -0.05) is 60.8 Å². The Morgan fingerprint density at radius 3 is 2.16 bits per heavy atom. The molecule has 1 unspecified atom stereocenters. The topological polar surface area (TPSA) is 86.8 Å². The molecule has 2 rings (SSSR count). The van der Waals surface area contributed by atoms with Crippen LogP contribution in [-0.4, -0.2) is 50.5 Å². The molecule has 0 aromatic heterocycles. The zero-order valence-corrected chi connectivity index (χ0v) is 24.6. The maximum Gasteiger partial charge on any atom is 0.242 e. The van der Waals surface area contributed by atoms with E-state index in [0.29, 0.717) is 44.8 Å². The summed E-state index contributed by atoms with van der Waals surface area (Å²) in [7, 11) is -3.63. The third kappa shape index (κ3) is 8.50. The molecule has 0 heterocycles. The van der Waals surface area contributed by atoms with Gasteiger partial charge in [0.1, 0.15) is 6.04 Å². The van der Waals surface area contributed by atoms with Crippen LogP contribution in [0.4, 0.5) is 5.69 Å². The van der Waals surface area contributed by atoms with Gasteiger partial charge in [-0.05, 0) is 56.0 Å². The van der Waals surface area contributed by atoms with E-state index < -0.39 is 16.1 Å². The van der Waals surface area contributed by atoms with E-state index in [0.717, 1.165) is 12.7 Å². The summed E-state index contributed by atoms with van der Waals surface area (Å²) in [4.78, 5) is 27.9. The molecule has 2 aromatic carbocycles. The number of hydrogen-bond acceptors (Lipinski definition) is 4. The third-order valence-corrected chi connectivity index (χ3v) is 8.28. The quantitative estimate of drug-likeness (QED) is 0.318. The molecule has 0 radical (unpaired) electrons. The Balaban J connectivity index is 2.29. The lowest BCUT2D eigenvalue weighted by molar-refractivity contribution is -0.141. The molecule has 0 saturated carbocycles. The molecule has 1 N–H and O–H groups in total. The van der Waals surface area contributed by atoms with Crippen molar-refractivity contribution >= 4 is 62.3 Å². The summed E-state index contributed by atoms with van der Waals surface area (Å²) in [6.07, 6.45) is 2.52. The molecular formula is C26H34Cl3N3O4S. The zero-order valence-electron chi connectivity index (χ0n) is 21.6. The highest BCUT2D eigenvalue weighted by Gasteiger charge is 2.30. The first kappa shape index (κ1) is 31.2. The van der Waals surface area contributed by atoms with Crippen molar-refractivity contribution < 1.29 is 18.0 Å². The fraction of sp³-hybridized carbons (Fsp3) is 0.462. The van der Waals surface area contributed by atoms with E-state index in [1.165, 1.54) is 9.21 Å². The molecule has 1 atom stereocenters. The molecule has 0 aliphatic rings. The molecule has 2 aromatic rings. The molecule has 7 nitrogen and oxygen atoms in total. The second-order valence-corrected chi connectivity index (χ2v) is 11.9. The standard InChI is InChI=1S/C26H34Cl3N3O4S/c1-5-15-30-26(34)23(6-2)31(17-19-21(28)11-7-12-22(19)29)25(33)14-9-16-32(37(4,35)36)24-13-8-10-20(27)18(24)3/h7-8,10-13,23H,5-6,9,14-17H2,1-4H3,(H,30,34). The number of sulfonamides is 1. The fourth-order valence-electron chi connectivity index (χ4n) is 3.99. The van der Waals surface area contributed by atoms with Crippen molar-refractivity contribution in [2.45, 2.75) is 59.0 Å². The maximum atomic E-state index is 13.5. The van der Waals surface area contributed by atoms with Gasteiger partial charge in [-0.25, -0.2) is 8.42 Å². The fourth-order valence-corrected chi connectivity index (χ4v) is 5.69. The van der Waals surface area contributed by atoms with Gasteiger partial charge in [0, 0.05) is 46.7 Å². The predicted octanol–water partition coefficient (Wildman–Crippen LogP) is 5.84. The summed E-state index contributed by atoms with van der Waals surface area (Å²) < 4.78 is 26.4. The number of nitrogens with zero attached hydrogens (tertiary/aromatic N) is 2. The van der Waals surface area contributed by atoms with Crippen molar-refractivity contribution in [3.63, 3.8) is 0 Å². The Morgan fingerprint density at radius 1 is 1.00 bits per heavy atom. The van der Waals surface area contributed by atoms with Crippen molar-refractivity contribution in [3.05, 3.63) is 62.6 Å². The Bertz CT molecular complexity index is 1190. The minimum Gasteiger partial charge on any atom is -0.354 e. The SMILES string of the molecule is CCCNC(=O)C(CC)N(Cc1c(Cl)cccc1Cl)C(=O)CCCN(c1cccc(Cl)c1C)S(C)(=O)=O. The molecule has 0 aliphatic carbocycles. The second-order valence-electron chi connectivity index (χ2n) is 8.76. The number of amides is 2. The van der Waals surface area contributed by atoms with Crippen LogP contribution in [0.3, 0.4) is 0 Å². The first-order chi connectivity index (χ1) is 17.4. The number of rotatable bonds is 13. The van der Waals surface area contributed by atoms with Crippen LogP contribution in [0, 0.1) is 6.92 Å². The lowest BCUT2D eigenvalue weighted by atomic mass is 10.1. The van der Waals surface area contributed by atoms with Crippen molar-refractivity contribution in [1.82, 2.24) is 10.2 Å². The van der Waals surface area contributed by atoms with Crippen molar-refractivity contribution in [2.75, 3.05) is 23.7 Å². The highest BCUT2D eigenvalue weighted by molar-refractivity contribution is 7.92. The van der Waals surface area contributed by atoms with E-state index in [1.807, 2.05) is 13.8 Å². The van der Waals surface area contributed by atoms with Crippen molar-refractivity contribution in [1.29, 1.82) is 0 Å². The molecule has 0 saturated heterocycles. The molecule has 0 bridgehead atoms. The van der Waals surface area contributed by atoms with E-state index in [9.17, 15) is 18.0 Å². The first-order valence-electron chi connectivity index (χ1n) is 12.1. The molecular weight excluding hydrogens is 557 g/mol. The Kier molecular flexibility index (Phi) is 12.0. The smallest absolute Gasteiger partial charge is 0.242 e. The highest BCUT2D eigenvalue weighted by Crippen LogP contribution is 2.29. The number of nitrogens with one attached hydrogen (secondary N) is 1. The predicted molar refractivity (Wildman–Crippen MR) is 152 cm³/mol. The van der Waals surface area contributed by atoms with Crippen LogP contribution < -0.4 is 9.62 Å². The van der Waals surface area contributed by atoms with E-state index in [4.69, 9.17) is 34.8 Å². The molecule has 2 amide bonds. The van der Waals surface area contributed by atoms with Crippen LogP contribution in [0.25, 0.3) is 0 Å². The summed E-state index contributed by atoms with van der Waals surface area (Å²) in [5.74, 6) is -0.557. The van der Waals surface area contributed by atoms with Crippen LogP contribution in [0.1, 0.15) is 50.7 Å². The third-order valence-electron chi connectivity index (χ3n) is 5.99. The average molecular weight is 591 g/mol. The Hall–Kier alpha value is -2.00. The van der Waals surface area contributed by atoms with E-state index >= 15 is 0 Å². The van der Waals surface area contributed by atoms with Gasteiger partial charge in [0.05, 0.1) is 11.9 Å². The summed E-state index contributed by atoms with van der Waals surface area (Å²) >= 11 is 19.0. The van der Waals surface area contributed by atoms with Gasteiger partial charge in [-0.15, -0.1) is 0 Å². The monoisotopic (exact) mass is 589 g/mol. The summed E-state index contributed by atoms with van der Waals surface area (Å²) in [6, 6.07) is 9.40. The van der Waals surface area contributed by atoms with E-state index in [1.54, 1.807) is 43.3 Å². The maximum absolute atomic E-state index is 13.5. The normalized spacial score (nSPS) is 12.2. The van der Waals surface area contributed by atoms with Gasteiger partial charge in [-0.2, -0.15) is 0 Å². The Labute approximate surface area is 235 Å². The molecule has 11 heteroatoms. The Morgan fingerprint density at radius 2 is 1.59 bits per heavy atom. The van der Waals surface area contributed by atoms with Crippen LogP contribution in [-0.2, 0) is 26.2 Å². The van der Waals surface area contributed by atoms with Gasteiger partial charge in [0.25, 0.3) is 0 Å². The van der Waals surface area contributed by atoms with Gasteiger partial charge in [0.15, 0.2) is 0 Å². The molecule has 0 spiro atoms. The number of carbonyl (C=O) groups excluding carboxylic acids is 2. The highest BCUT2D eigenvalue weighted by atomic mass is 35.5. The van der Waals surface area contributed by atoms with Crippen LogP contribution in [0.5, 0.6) is 0 Å². The van der Waals surface area contributed by atoms with Crippen LogP contribution in [0.2, 0.25) is 15.1 Å². The average Bonchev–Trinajstić information content (AvgIpc) is 2.83. The van der Waals surface area contributed by atoms with Gasteiger partial charge >= 0.3 is 0 Å². The van der Waals surface area contributed by atoms with Gasteiger partial charge in [-0.3, -0.25) is 13.9 Å². The zero-order chi connectivity index (χ0) is 27.8. The van der Waals surface area contributed by atoms with Crippen LogP contribution in [0.15, 0.2) is 36.4 Å². The number of carbonyl (C=O) groups is 2. The molecule has 0 fully saturated rings. The number of halogens is 3. The summed E-state index contributed by atoms with van der Waals surface area (Å²) in [5, 5.41) is 4.11. The lowest BCUT2D eigenvalue weighted by Crippen LogP contribution is -2.49. The molecule has 37 heavy (non-hydrogen) atoms.